The number of nitrogens with two attached hydrogens (primary N) is 1. The first-order valence-corrected chi connectivity index (χ1v) is 12.1. The Bertz CT molecular complexity index is 1250. The molecule has 1 saturated carbocycles. The number of carbonyl (C=O) groups is 2. The third-order valence-electron chi connectivity index (χ3n) is 7.00. The molecule has 184 valence electrons. The highest BCUT2D eigenvalue weighted by Crippen LogP contribution is 2.49. The number of rotatable bonds is 6. The van der Waals surface area contributed by atoms with Crippen LogP contribution in [-0.2, 0) is 10.2 Å². The van der Waals surface area contributed by atoms with Crippen LogP contribution in [0.2, 0.25) is 10.0 Å². The lowest BCUT2D eigenvalue weighted by atomic mass is 9.88. The predicted molar refractivity (Wildman–Crippen MR) is 138 cm³/mol. The number of piperidine rings is 1. The van der Waals surface area contributed by atoms with Crippen molar-refractivity contribution in [3.63, 3.8) is 0 Å². The highest BCUT2D eigenvalue weighted by atomic mass is 35.5. The van der Waals surface area contributed by atoms with Crippen molar-refractivity contribution >= 4 is 46.4 Å². The van der Waals surface area contributed by atoms with Crippen molar-refractivity contribution in [2.45, 2.75) is 37.6 Å². The molecule has 1 atom stereocenters. The summed E-state index contributed by atoms with van der Waals surface area (Å²) >= 11 is 12.8. The number of halogens is 2. The molecule has 7 nitrogen and oxygen atoms in total. The first kappa shape index (κ1) is 25.1. The van der Waals surface area contributed by atoms with E-state index in [2.05, 4.69) is 5.32 Å². The Morgan fingerprint density at radius 3 is 2.54 bits per heavy atom. The van der Waals surface area contributed by atoms with Crippen molar-refractivity contribution in [1.82, 2.24) is 10.2 Å². The number of ether oxygens (including phenoxy) is 1. The van der Waals surface area contributed by atoms with Gasteiger partial charge in [0.2, 0.25) is 5.91 Å². The van der Waals surface area contributed by atoms with Crippen LogP contribution in [0.25, 0.3) is 5.70 Å². The summed E-state index contributed by atoms with van der Waals surface area (Å²) in [5.74, 6) is -0.177. The number of hydrogen-bond donors (Lipinski definition) is 3. The van der Waals surface area contributed by atoms with E-state index in [9.17, 15) is 9.59 Å². The first-order chi connectivity index (χ1) is 16.6. The van der Waals surface area contributed by atoms with Gasteiger partial charge in [-0.15, -0.1) is 0 Å². The van der Waals surface area contributed by atoms with E-state index in [1.165, 1.54) is 7.11 Å². The number of nitrogens with zero attached hydrogens (tertiary/aromatic N) is 1. The number of nitrogens with one attached hydrogen (secondary N) is 2. The van der Waals surface area contributed by atoms with Gasteiger partial charge in [0.15, 0.2) is 0 Å². The van der Waals surface area contributed by atoms with Crippen LogP contribution in [0.1, 0.15) is 47.7 Å². The van der Waals surface area contributed by atoms with Gasteiger partial charge in [-0.1, -0.05) is 29.3 Å². The van der Waals surface area contributed by atoms with E-state index in [0.717, 1.165) is 22.4 Å². The fourth-order valence-electron chi connectivity index (χ4n) is 4.78. The fourth-order valence-corrected chi connectivity index (χ4v) is 5.30. The van der Waals surface area contributed by atoms with Gasteiger partial charge in [-0.3, -0.25) is 9.59 Å². The molecule has 9 heteroatoms. The minimum atomic E-state index is -0.671. The summed E-state index contributed by atoms with van der Waals surface area (Å²) in [6.07, 6.45) is 1.87. The highest BCUT2D eigenvalue weighted by molar-refractivity contribution is 6.35. The lowest BCUT2D eigenvalue weighted by Gasteiger charge is -2.36. The maximum atomic E-state index is 13.3. The molecule has 4 rings (SSSR count). The van der Waals surface area contributed by atoms with Crippen molar-refractivity contribution in [2.24, 2.45) is 5.73 Å². The zero-order chi connectivity index (χ0) is 25.5. The summed E-state index contributed by atoms with van der Waals surface area (Å²) in [5.41, 5.74) is 8.78. The first-order valence-electron chi connectivity index (χ1n) is 11.4. The van der Waals surface area contributed by atoms with E-state index in [-0.39, 0.29) is 16.8 Å². The van der Waals surface area contributed by atoms with Crippen molar-refractivity contribution in [1.29, 1.82) is 5.41 Å². The summed E-state index contributed by atoms with van der Waals surface area (Å²) in [7, 11) is 3.29. The van der Waals surface area contributed by atoms with Gasteiger partial charge in [0.25, 0.3) is 5.91 Å². The molecule has 2 aromatic rings. The molecular formula is C26H28Cl2N4O3. The van der Waals surface area contributed by atoms with Crippen LogP contribution in [-0.4, -0.2) is 49.2 Å². The van der Waals surface area contributed by atoms with Gasteiger partial charge in [-0.25, -0.2) is 0 Å². The molecule has 2 amide bonds. The topological polar surface area (TPSA) is 109 Å². The molecule has 1 aliphatic carbocycles. The van der Waals surface area contributed by atoms with Crippen LogP contribution in [0, 0.1) is 5.41 Å². The number of benzene rings is 2. The lowest BCUT2D eigenvalue weighted by molar-refractivity contribution is -0.120. The number of primary amides is 1. The molecule has 0 radical (unpaired) electrons. The molecule has 4 N–H and O–H groups in total. The summed E-state index contributed by atoms with van der Waals surface area (Å²) < 4.78 is 5.25. The molecule has 0 unspecified atom stereocenters. The standard InChI is InChI=1S/C26H28Cl2N4O3/c1-14-22(29)19(7-10-32(14)24(33)18-5-4-6-20(35-3)21(18)28)23(31-2)15-11-16(13-17(27)12-15)26(8-9-26)25(30)34/h4-6,11-14,29,31H,7-10H2,1-3H3,(H2,30,34)/b23-19-,29-22?/t14-/m0/s1. The van der Waals surface area contributed by atoms with Gasteiger partial charge in [-0.2, -0.15) is 0 Å². The van der Waals surface area contributed by atoms with E-state index in [0.29, 0.717) is 47.9 Å². The van der Waals surface area contributed by atoms with E-state index in [1.807, 2.05) is 19.1 Å². The number of amides is 2. The van der Waals surface area contributed by atoms with Gasteiger partial charge >= 0.3 is 0 Å². The largest absolute Gasteiger partial charge is 0.495 e. The maximum Gasteiger partial charge on any atom is 0.256 e. The lowest BCUT2D eigenvalue weighted by Crippen LogP contribution is -2.48. The number of carbonyl (C=O) groups excluding carboxylic acids is 2. The zero-order valence-corrected chi connectivity index (χ0v) is 21.4. The van der Waals surface area contributed by atoms with Gasteiger partial charge in [0.05, 0.1) is 34.9 Å². The number of methoxy groups -OCH3 is 1. The van der Waals surface area contributed by atoms with Crippen molar-refractivity contribution < 1.29 is 14.3 Å². The Morgan fingerprint density at radius 2 is 1.94 bits per heavy atom. The fraction of sp³-hybridized carbons (Fsp3) is 0.346. The Hall–Kier alpha value is -3.03. The monoisotopic (exact) mass is 514 g/mol. The smallest absolute Gasteiger partial charge is 0.256 e. The average Bonchev–Trinajstić information content (AvgIpc) is 3.64. The van der Waals surface area contributed by atoms with Crippen molar-refractivity contribution in [3.8, 4) is 5.75 Å². The second-order valence-electron chi connectivity index (χ2n) is 8.94. The molecule has 1 heterocycles. The minimum absolute atomic E-state index is 0.251. The van der Waals surface area contributed by atoms with Crippen LogP contribution in [0.4, 0.5) is 0 Å². The SMILES string of the molecule is CN/C(=C1/CCN(C(=O)c2cccc(OC)c2Cl)[C@@H](C)C1=N)c1cc(Cl)cc(C2(C(N)=O)CC2)c1. The molecular weight excluding hydrogens is 487 g/mol. The van der Waals surface area contributed by atoms with Crippen molar-refractivity contribution in [2.75, 3.05) is 20.7 Å². The number of hydrogen-bond acceptors (Lipinski definition) is 5. The number of likely N-dealkylation sites (tertiary alicyclic amines) is 1. The van der Waals surface area contributed by atoms with E-state index >= 15 is 0 Å². The average molecular weight is 515 g/mol. The van der Waals surface area contributed by atoms with Gasteiger partial charge in [-0.05, 0) is 67.6 Å². The van der Waals surface area contributed by atoms with Crippen LogP contribution in [0.5, 0.6) is 5.75 Å². The Labute approximate surface area is 214 Å². The second kappa shape index (κ2) is 9.55. The zero-order valence-electron chi connectivity index (χ0n) is 19.9. The Morgan fingerprint density at radius 1 is 1.23 bits per heavy atom. The van der Waals surface area contributed by atoms with Gasteiger partial charge < -0.3 is 26.1 Å². The van der Waals surface area contributed by atoms with E-state index in [4.69, 9.17) is 39.1 Å². The molecule has 0 aromatic heterocycles. The molecule has 1 saturated heterocycles. The van der Waals surface area contributed by atoms with Crippen LogP contribution >= 0.6 is 23.2 Å². The molecule has 0 spiro atoms. The molecule has 2 aliphatic rings. The molecule has 2 aromatic carbocycles. The minimum Gasteiger partial charge on any atom is -0.495 e. The summed E-state index contributed by atoms with van der Waals surface area (Å²) in [6.45, 7) is 2.24. The highest BCUT2D eigenvalue weighted by Gasteiger charge is 2.50. The normalized spacial score (nSPS) is 20.3. The quantitative estimate of drug-likeness (QED) is 0.530. The molecule has 2 fully saturated rings. The Kier molecular flexibility index (Phi) is 6.84. The third kappa shape index (κ3) is 4.39. The van der Waals surface area contributed by atoms with Gasteiger partial charge in [0.1, 0.15) is 5.75 Å². The third-order valence-corrected chi connectivity index (χ3v) is 7.61. The maximum absolute atomic E-state index is 13.3. The second-order valence-corrected chi connectivity index (χ2v) is 9.75. The molecule has 0 bridgehead atoms. The summed E-state index contributed by atoms with van der Waals surface area (Å²) in [4.78, 5) is 27.1. The van der Waals surface area contributed by atoms with Crippen LogP contribution in [0.15, 0.2) is 42.0 Å². The predicted octanol–water partition coefficient (Wildman–Crippen LogP) is 4.40. The van der Waals surface area contributed by atoms with E-state index < -0.39 is 11.5 Å². The van der Waals surface area contributed by atoms with Crippen LogP contribution < -0.4 is 15.8 Å². The Balaban J connectivity index is 1.67. The summed E-state index contributed by atoms with van der Waals surface area (Å²) in [6, 6.07) is 10.1. The van der Waals surface area contributed by atoms with Crippen LogP contribution in [0.3, 0.4) is 0 Å². The molecule has 35 heavy (non-hydrogen) atoms. The molecule has 1 aliphatic heterocycles. The summed E-state index contributed by atoms with van der Waals surface area (Å²) in [5, 5.41) is 12.9. The van der Waals surface area contributed by atoms with Crippen molar-refractivity contribution in [3.05, 3.63) is 68.7 Å². The van der Waals surface area contributed by atoms with Gasteiger partial charge in [0, 0.05) is 29.9 Å². The van der Waals surface area contributed by atoms with E-state index in [1.54, 1.807) is 36.2 Å².